The summed E-state index contributed by atoms with van der Waals surface area (Å²) in [5.74, 6) is 0.886. The summed E-state index contributed by atoms with van der Waals surface area (Å²) in [4.78, 5) is 12.6. The molecule has 1 N–H and O–H groups in total. The Bertz CT molecular complexity index is 629. The molecule has 0 bridgehead atoms. The number of nitrogens with one attached hydrogen (secondary N) is 1. The summed E-state index contributed by atoms with van der Waals surface area (Å²) in [5, 5.41) is 8.58. The zero-order valence-corrected chi connectivity index (χ0v) is 17.5. The van der Waals surface area contributed by atoms with Gasteiger partial charge in [-0.05, 0) is 20.8 Å². The molecule has 0 fully saturated rings. The molecule has 23 heavy (non-hydrogen) atoms. The molecule has 0 aliphatic carbocycles. The maximum Gasteiger partial charge on any atom is 0.194 e. The summed E-state index contributed by atoms with van der Waals surface area (Å²) in [6, 6.07) is 0. The molecule has 0 atom stereocenters. The fourth-order valence-corrected chi connectivity index (χ4v) is 2.98. The largest absolute Gasteiger partial charge is 0.357 e. The first-order valence-electron chi connectivity index (χ1n) is 7.39. The molecule has 0 aromatic carbocycles. The van der Waals surface area contributed by atoms with Gasteiger partial charge in [0.15, 0.2) is 5.96 Å². The van der Waals surface area contributed by atoms with Crippen molar-refractivity contribution >= 4 is 41.3 Å². The van der Waals surface area contributed by atoms with Crippen molar-refractivity contribution in [1.82, 2.24) is 25.0 Å². The number of aliphatic imine (C=N–C) groups is 1. The molecule has 0 saturated heterocycles. The van der Waals surface area contributed by atoms with Crippen LogP contribution in [0.25, 0.3) is 0 Å². The van der Waals surface area contributed by atoms with Crippen molar-refractivity contribution < 1.29 is 0 Å². The number of nitrogens with zero attached hydrogens (tertiary/aromatic N) is 5. The molecule has 128 valence electrons. The van der Waals surface area contributed by atoms with Gasteiger partial charge in [-0.15, -0.1) is 35.3 Å². The fraction of sp³-hybridized carbons (Fsp3) is 0.533. The van der Waals surface area contributed by atoms with E-state index < -0.39 is 0 Å². The van der Waals surface area contributed by atoms with Gasteiger partial charge in [0, 0.05) is 43.8 Å². The van der Waals surface area contributed by atoms with E-state index in [4.69, 9.17) is 4.99 Å². The van der Waals surface area contributed by atoms with Crippen molar-refractivity contribution in [1.29, 1.82) is 0 Å². The highest BCUT2D eigenvalue weighted by Crippen LogP contribution is 2.17. The van der Waals surface area contributed by atoms with Gasteiger partial charge in [0.2, 0.25) is 0 Å². The van der Waals surface area contributed by atoms with E-state index in [0.717, 1.165) is 35.3 Å². The Morgan fingerprint density at radius 1 is 1.43 bits per heavy atom. The molecular weight excluding hydrogens is 423 g/mol. The van der Waals surface area contributed by atoms with Crippen LogP contribution in [0.1, 0.15) is 28.1 Å². The van der Waals surface area contributed by atoms with Gasteiger partial charge in [0.05, 0.1) is 18.4 Å². The second-order valence-corrected chi connectivity index (χ2v) is 6.59. The second kappa shape index (κ2) is 9.21. The van der Waals surface area contributed by atoms with Crippen LogP contribution in [0, 0.1) is 13.8 Å². The molecule has 2 aromatic heterocycles. The summed E-state index contributed by atoms with van der Waals surface area (Å²) in [5.41, 5.74) is 2.26. The Morgan fingerprint density at radius 2 is 2.17 bits per heavy atom. The minimum atomic E-state index is 0. The van der Waals surface area contributed by atoms with Crippen molar-refractivity contribution in [2.75, 3.05) is 13.6 Å². The molecule has 6 nitrogen and oxygen atoms in total. The van der Waals surface area contributed by atoms with Crippen molar-refractivity contribution in [3.05, 3.63) is 33.5 Å². The molecule has 8 heteroatoms. The van der Waals surface area contributed by atoms with E-state index in [2.05, 4.69) is 34.1 Å². The van der Waals surface area contributed by atoms with Gasteiger partial charge in [-0.25, -0.2) is 9.98 Å². The standard InChI is InChI=1S/C15H24N6S.HI/c1-6-16-15(17-8-14-19-11(2)12(3)22-14)20(4)9-13-7-18-21(5)10-13;/h7,10H,6,8-9H2,1-5H3,(H,16,17);1H. The van der Waals surface area contributed by atoms with E-state index in [1.54, 1.807) is 11.3 Å². The maximum atomic E-state index is 4.69. The van der Waals surface area contributed by atoms with Gasteiger partial charge >= 0.3 is 0 Å². The molecule has 0 amide bonds. The van der Waals surface area contributed by atoms with E-state index in [1.807, 2.05) is 38.1 Å². The summed E-state index contributed by atoms with van der Waals surface area (Å²) < 4.78 is 1.81. The normalized spacial score (nSPS) is 11.3. The summed E-state index contributed by atoms with van der Waals surface area (Å²) in [6.07, 6.45) is 3.90. The van der Waals surface area contributed by atoms with Crippen LogP contribution >= 0.6 is 35.3 Å². The predicted molar refractivity (Wildman–Crippen MR) is 106 cm³/mol. The Hall–Kier alpha value is -1.16. The highest BCUT2D eigenvalue weighted by atomic mass is 127. The first-order chi connectivity index (χ1) is 10.5. The second-order valence-electron chi connectivity index (χ2n) is 5.30. The molecule has 0 aliphatic rings. The lowest BCUT2D eigenvalue weighted by Gasteiger charge is -2.21. The Balaban J connectivity index is 0.00000264. The summed E-state index contributed by atoms with van der Waals surface area (Å²) >= 11 is 1.72. The average molecular weight is 448 g/mol. The van der Waals surface area contributed by atoms with Crippen LogP contribution in [0.4, 0.5) is 0 Å². The average Bonchev–Trinajstić information content (AvgIpc) is 3.01. The van der Waals surface area contributed by atoms with E-state index in [9.17, 15) is 0 Å². The lowest BCUT2D eigenvalue weighted by atomic mass is 10.3. The highest BCUT2D eigenvalue weighted by molar-refractivity contribution is 14.0. The molecule has 0 radical (unpaired) electrons. The van der Waals surface area contributed by atoms with Gasteiger partial charge in [-0.2, -0.15) is 5.10 Å². The van der Waals surface area contributed by atoms with Crippen molar-refractivity contribution in [2.45, 2.75) is 33.9 Å². The van der Waals surface area contributed by atoms with Crippen molar-refractivity contribution in [3.63, 3.8) is 0 Å². The zero-order chi connectivity index (χ0) is 16.1. The van der Waals surface area contributed by atoms with Gasteiger partial charge in [-0.3, -0.25) is 4.68 Å². The van der Waals surface area contributed by atoms with Crippen LogP contribution in [0.15, 0.2) is 17.4 Å². The fourth-order valence-electron chi connectivity index (χ4n) is 2.12. The first kappa shape index (κ1) is 19.9. The predicted octanol–water partition coefficient (Wildman–Crippen LogP) is 2.71. The third-order valence-corrected chi connectivity index (χ3v) is 4.37. The van der Waals surface area contributed by atoms with Crippen molar-refractivity contribution in [3.8, 4) is 0 Å². The van der Waals surface area contributed by atoms with Crippen LogP contribution in [-0.2, 0) is 20.1 Å². The van der Waals surface area contributed by atoms with E-state index >= 15 is 0 Å². The van der Waals surface area contributed by atoms with Crippen LogP contribution in [0.5, 0.6) is 0 Å². The SMILES string of the molecule is CCNC(=NCc1nc(C)c(C)s1)N(C)Cc1cnn(C)c1.I. The number of aromatic nitrogens is 3. The third kappa shape index (κ3) is 5.76. The van der Waals surface area contributed by atoms with Crippen molar-refractivity contribution in [2.24, 2.45) is 12.0 Å². The topological polar surface area (TPSA) is 58.3 Å². The van der Waals surface area contributed by atoms with Crippen LogP contribution in [0.2, 0.25) is 0 Å². The minimum absolute atomic E-state index is 0. The zero-order valence-electron chi connectivity index (χ0n) is 14.3. The number of guanidine groups is 1. The summed E-state index contributed by atoms with van der Waals surface area (Å²) in [7, 11) is 3.96. The molecule has 2 heterocycles. The Morgan fingerprint density at radius 3 is 2.70 bits per heavy atom. The number of hydrogen-bond acceptors (Lipinski definition) is 4. The van der Waals surface area contributed by atoms with Crippen LogP contribution < -0.4 is 5.32 Å². The quantitative estimate of drug-likeness (QED) is 0.434. The Kier molecular flexibility index (Phi) is 7.97. The number of rotatable bonds is 5. The van der Waals surface area contributed by atoms with Gasteiger partial charge < -0.3 is 10.2 Å². The third-order valence-electron chi connectivity index (χ3n) is 3.31. The van der Waals surface area contributed by atoms with Crippen LogP contribution in [-0.4, -0.2) is 39.2 Å². The molecule has 0 spiro atoms. The first-order valence-corrected chi connectivity index (χ1v) is 8.21. The van der Waals surface area contributed by atoms with Gasteiger partial charge in [0.1, 0.15) is 5.01 Å². The minimum Gasteiger partial charge on any atom is -0.357 e. The lowest BCUT2D eigenvalue weighted by Crippen LogP contribution is -2.38. The lowest BCUT2D eigenvalue weighted by molar-refractivity contribution is 0.476. The number of aryl methyl sites for hydroxylation is 3. The van der Waals surface area contributed by atoms with E-state index in [0.29, 0.717) is 6.54 Å². The number of thiazole rings is 1. The molecular formula is C15H25IN6S. The van der Waals surface area contributed by atoms with Gasteiger partial charge in [-0.1, -0.05) is 0 Å². The van der Waals surface area contributed by atoms with Crippen LogP contribution in [0.3, 0.4) is 0 Å². The molecule has 2 aromatic rings. The van der Waals surface area contributed by atoms with E-state index in [-0.39, 0.29) is 24.0 Å². The highest BCUT2D eigenvalue weighted by Gasteiger charge is 2.09. The van der Waals surface area contributed by atoms with E-state index in [1.165, 1.54) is 4.88 Å². The Labute approximate surface area is 159 Å². The molecule has 0 aliphatic heterocycles. The smallest absolute Gasteiger partial charge is 0.194 e. The number of halogens is 1. The molecule has 0 unspecified atom stereocenters. The molecule has 0 saturated carbocycles. The molecule has 2 rings (SSSR count). The maximum absolute atomic E-state index is 4.69. The summed E-state index contributed by atoms with van der Waals surface area (Å²) in [6.45, 7) is 8.44. The number of hydrogen-bond donors (Lipinski definition) is 1. The monoisotopic (exact) mass is 448 g/mol. The van der Waals surface area contributed by atoms with Gasteiger partial charge in [0.25, 0.3) is 0 Å².